The summed E-state index contributed by atoms with van der Waals surface area (Å²) >= 11 is 0. The smallest absolute Gasteiger partial charge is 0.311 e. The largest absolute Gasteiger partial charge is 0.459 e. The van der Waals surface area contributed by atoms with Gasteiger partial charge in [-0.25, -0.2) is 0 Å². The molecule has 0 bridgehead atoms. The van der Waals surface area contributed by atoms with Crippen molar-refractivity contribution in [3.63, 3.8) is 0 Å². The van der Waals surface area contributed by atoms with Gasteiger partial charge in [-0.15, -0.1) is 0 Å². The van der Waals surface area contributed by atoms with Gasteiger partial charge in [0, 0.05) is 24.9 Å². The highest BCUT2D eigenvalue weighted by Crippen LogP contribution is 2.37. The third-order valence-corrected chi connectivity index (χ3v) is 9.77. The second-order valence-corrected chi connectivity index (χ2v) is 13.1. The van der Waals surface area contributed by atoms with Gasteiger partial charge in [-0.3, -0.25) is 9.59 Å². The number of likely N-dealkylation sites (N-methyl/N-ethyl adjacent to an activating group) is 2. The molecule has 2 aliphatic rings. The van der Waals surface area contributed by atoms with Crippen molar-refractivity contribution in [2.45, 2.75) is 148 Å². The minimum Gasteiger partial charge on any atom is -0.459 e. The second-order valence-electron chi connectivity index (χ2n) is 13.1. The highest BCUT2D eigenvalue weighted by Gasteiger charge is 2.50. The number of nitrogens with zero attached hydrogens (tertiary/aromatic N) is 1. The number of hydrogen-bond acceptors (Lipinski definition) is 11. The fraction of sp³-hybridized carbons (Fsp3) is 0.935. The van der Waals surface area contributed by atoms with Crippen LogP contribution in [0.3, 0.4) is 0 Å². The van der Waals surface area contributed by atoms with Crippen LogP contribution in [0.15, 0.2) is 0 Å². The van der Waals surface area contributed by atoms with Crippen molar-refractivity contribution in [3.8, 4) is 0 Å². The summed E-state index contributed by atoms with van der Waals surface area (Å²) in [5, 5.41) is 49.4. The van der Waals surface area contributed by atoms with Gasteiger partial charge in [-0.2, -0.15) is 0 Å². The van der Waals surface area contributed by atoms with E-state index in [1.807, 2.05) is 32.7 Å². The van der Waals surface area contributed by atoms with Crippen molar-refractivity contribution in [3.05, 3.63) is 0 Å². The summed E-state index contributed by atoms with van der Waals surface area (Å²) in [4.78, 5) is 28.2. The van der Waals surface area contributed by atoms with Gasteiger partial charge >= 0.3 is 5.97 Å². The van der Waals surface area contributed by atoms with Crippen LogP contribution in [0, 0.1) is 17.8 Å². The highest BCUT2D eigenvalue weighted by molar-refractivity contribution is 5.88. The monoisotopic (exact) mass is 602 g/mol. The molecular formula is C31H58N2O9. The van der Waals surface area contributed by atoms with E-state index in [2.05, 4.69) is 5.32 Å². The Morgan fingerprint density at radius 2 is 1.67 bits per heavy atom. The first kappa shape index (κ1) is 37.0. The topological polar surface area (TPSA) is 158 Å². The quantitative estimate of drug-likeness (QED) is 0.281. The first-order valence-electron chi connectivity index (χ1n) is 15.7. The average molecular weight is 603 g/mol. The summed E-state index contributed by atoms with van der Waals surface area (Å²) in [5.41, 5.74) is -3.25. The lowest BCUT2D eigenvalue weighted by Crippen LogP contribution is -2.60. The Balaban J connectivity index is 2.60. The first-order chi connectivity index (χ1) is 19.5. The highest BCUT2D eigenvalue weighted by atomic mass is 16.7. The lowest BCUT2D eigenvalue weighted by atomic mass is 9.76. The molecule has 0 radical (unpaired) electrons. The minimum atomic E-state index is -1.71. The van der Waals surface area contributed by atoms with E-state index < -0.39 is 77.9 Å². The summed E-state index contributed by atoms with van der Waals surface area (Å²) in [6.45, 7) is 14.5. The van der Waals surface area contributed by atoms with Crippen LogP contribution in [0.2, 0.25) is 0 Å². The number of ether oxygens (including phenoxy) is 3. The molecule has 11 nitrogen and oxygen atoms in total. The molecule has 0 amide bonds. The van der Waals surface area contributed by atoms with Gasteiger partial charge in [0.2, 0.25) is 0 Å². The maximum absolute atomic E-state index is 13.8. The van der Waals surface area contributed by atoms with Crippen LogP contribution in [0.25, 0.3) is 0 Å². The van der Waals surface area contributed by atoms with Crippen molar-refractivity contribution in [1.82, 2.24) is 10.2 Å². The Bertz CT molecular complexity index is 888. The molecular weight excluding hydrogens is 544 g/mol. The molecule has 0 aromatic rings. The van der Waals surface area contributed by atoms with Crippen molar-refractivity contribution in [2.75, 3.05) is 20.6 Å². The number of aliphatic hydroxyl groups is 4. The predicted molar refractivity (Wildman–Crippen MR) is 159 cm³/mol. The Labute approximate surface area is 252 Å². The first-order valence-corrected chi connectivity index (χ1v) is 15.7. The lowest BCUT2D eigenvalue weighted by Gasteiger charge is -2.43. The number of rotatable bonds is 6. The molecule has 0 spiro atoms. The Hall–Kier alpha value is -1.18. The fourth-order valence-electron chi connectivity index (χ4n) is 6.91. The number of hydrogen-bond donors (Lipinski definition) is 5. The van der Waals surface area contributed by atoms with Crippen LogP contribution in [0.5, 0.6) is 0 Å². The number of aliphatic hydroxyl groups excluding tert-OH is 2. The zero-order chi connectivity index (χ0) is 32.2. The number of cyclic esters (lactones) is 1. The van der Waals surface area contributed by atoms with Gasteiger partial charge in [0.1, 0.15) is 23.9 Å². The van der Waals surface area contributed by atoms with Crippen LogP contribution < -0.4 is 5.32 Å². The third-order valence-electron chi connectivity index (χ3n) is 9.77. The Morgan fingerprint density at radius 3 is 2.19 bits per heavy atom. The predicted octanol–water partition coefficient (Wildman–Crippen LogP) is 1.62. The van der Waals surface area contributed by atoms with Gasteiger partial charge < -0.3 is 44.9 Å². The summed E-state index contributed by atoms with van der Waals surface area (Å²) in [6.07, 6.45) is -4.79. The zero-order valence-electron chi connectivity index (χ0n) is 27.4. The molecule has 5 N–H and O–H groups in total. The molecule has 0 aromatic carbocycles. The van der Waals surface area contributed by atoms with Crippen LogP contribution in [-0.2, 0) is 23.8 Å². The standard InChI is InChI=1S/C31H58N2O9/c1-11-21-26(42-24-14-22(32-9)25(34)20(7)40-24)18(5)29(37)41-23(12-2)31(39,13-3)27(35)19(6)33(10)16-17(4)15-30(8,38)28(21)36/h17-24,26-28,32,35-36,38-39H,11-16H2,1-10H3/t17-,18-,19-,20-,21+,22?,23-,24+,26-,27-,28-,30-,31-/m1/s1. The van der Waals surface area contributed by atoms with Crippen molar-refractivity contribution >= 4 is 11.8 Å². The van der Waals surface area contributed by atoms with Gasteiger partial charge in [0.15, 0.2) is 12.1 Å². The van der Waals surface area contributed by atoms with Crippen molar-refractivity contribution in [2.24, 2.45) is 17.8 Å². The normalized spacial score (nSPS) is 45.6. The van der Waals surface area contributed by atoms with E-state index in [0.717, 1.165) is 0 Å². The van der Waals surface area contributed by atoms with Crippen LogP contribution in [0.4, 0.5) is 0 Å². The number of carbonyl (C=O) groups is 2. The minimum absolute atomic E-state index is 0.0896. The molecule has 1 unspecified atom stereocenters. The van der Waals surface area contributed by atoms with E-state index in [9.17, 15) is 30.0 Å². The molecule has 0 aromatic heterocycles. The van der Waals surface area contributed by atoms with Gasteiger partial charge in [-0.1, -0.05) is 27.7 Å². The van der Waals surface area contributed by atoms with E-state index in [1.54, 1.807) is 41.7 Å². The van der Waals surface area contributed by atoms with E-state index in [1.165, 1.54) is 0 Å². The van der Waals surface area contributed by atoms with Crippen LogP contribution >= 0.6 is 0 Å². The molecule has 0 aliphatic carbocycles. The van der Waals surface area contributed by atoms with Crippen LogP contribution in [0.1, 0.15) is 87.5 Å². The molecule has 2 fully saturated rings. The van der Waals surface area contributed by atoms with Gasteiger partial charge in [0.25, 0.3) is 0 Å². The zero-order valence-corrected chi connectivity index (χ0v) is 27.4. The average Bonchev–Trinajstić information content (AvgIpc) is 2.94. The molecule has 2 aliphatic heterocycles. The molecule has 11 heteroatoms. The van der Waals surface area contributed by atoms with E-state index in [4.69, 9.17) is 14.2 Å². The number of esters is 1. The molecule has 246 valence electrons. The van der Waals surface area contributed by atoms with Gasteiger partial charge in [-0.05, 0) is 73.4 Å². The summed E-state index contributed by atoms with van der Waals surface area (Å²) < 4.78 is 18.3. The molecule has 13 atom stereocenters. The SMILES string of the molecule is CC[C@H]1[C@H](O[C@H]2CC(NC)C(=O)[C@@H](C)O2)[C@@H](C)C(=O)O[C@H](CC)[C@](O)(CC)[C@H](O)[C@@H](C)N(C)C[C@H](C)C[C@@](C)(O)[C@@H]1O. The number of carbonyl (C=O) groups excluding carboxylic acids is 2. The van der Waals surface area contributed by atoms with E-state index >= 15 is 0 Å². The summed E-state index contributed by atoms with van der Waals surface area (Å²) in [6, 6.07) is -0.989. The van der Waals surface area contributed by atoms with Crippen molar-refractivity contribution < 1.29 is 44.2 Å². The molecule has 2 saturated heterocycles. The van der Waals surface area contributed by atoms with Gasteiger partial charge in [0.05, 0.1) is 29.8 Å². The Kier molecular flexibility index (Phi) is 13.4. The van der Waals surface area contributed by atoms with E-state index in [-0.39, 0.29) is 37.4 Å². The maximum atomic E-state index is 13.8. The third kappa shape index (κ3) is 8.10. The molecule has 42 heavy (non-hydrogen) atoms. The van der Waals surface area contributed by atoms with Crippen molar-refractivity contribution in [1.29, 1.82) is 0 Å². The Morgan fingerprint density at radius 1 is 1.05 bits per heavy atom. The second kappa shape index (κ2) is 15.2. The number of ketones is 1. The van der Waals surface area contributed by atoms with E-state index in [0.29, 0.717) is 13.0 Å². The van der Waals surface area contributed by atoms with Crippen LogP contribution in [-0.4, -0.2) is 118 Å². The summed E-state index contributed by atoms with van der Waals surface area (Å²) in [7, 11) is 3.52. The molecule has 2 heterocycles. The summed E-state index contributed by atoms with van der Waals surface area (Å²) in [5.74, 6) is -2.49. The lowest BCUT2D eigenvalue weighted by molar-refractivity contribution is -0.244. The number of Topliss-reactive ketones (excluding diaryl/α,β-unsaturated/α-hetero) is 1. The fourth-order valence-corrected chi connectivity index (χ4v) is 6.91. The molecule has 2 rings (SSSR count). The molecule has 0 saturated carbocycles. The number of nitrogens with one attached hydrogen (secondary N) is 1. The maximum Gasteiger partial charge on any atom is 0.311 e.